The van der Waals surface area contributed by atoms with Crippen LogP contribution in [0.4, 0.5) is 0 Å². The van der Waals surface area contributed by atoms with Crippen LogP contribution < -0.4 is 5.32 Å². The highest BCUT2D eigenvalue weighted by atomic mass is 16.3. The Balaban J connectivity index is 1.39. The normalized spacial score (nSPS) is 45.3. The first-order valence-electron chi connectivity index (χ1n) is 12.9. The average molecular weight is 426 g/mol. The second kappa shape index (κ2) is 8.89. The third kappa shape index (κ3) is 4.20. The molecule has 0 saturated heterocycles. The summed E-state index contributed by atoms with van der Waals surface area (Å²) >= 11 is 0. The number of nitrogens with zero attached hydrogens (tertiary/aromatic N) is 1. The van der Waals surface area contributed by atoms with E-state index in [9.17, 15) is 5.11 Å². The van der Waals surface area contributed by atoms with Crippen molar-refractivity contribution in [3.63, 3.8) is 0 Å². The minimum Gasteiger partial charge on any atom is -0.391 e. The summed E-state index contributed by atoms with van der Waals surface area (Å²) in [5.41, 5.74) is 0.0944. The fourth-order valence-electron chi connectivity index (χ4n) is 8.83. The standard InChI is InChI=1S/C27H43N3O/c1-4-27(31)13-10-21-19(15-27)5-6-23-22(21)9-12-26(3)24(7-8-25(23)26)18(2)17-30-14-11-20(29)16-28/h11,14,18-19,21-25,29-31H,4-10,12-13,15,17H2,1-3H3/b14-11-,29-20?/t18-,19+,21-,22?,23+,24?,25?,26+,27+/m0/s1. The molecule has 4 fully saturated rings. The van der Waals surface area contributed by atoms with Crippen molar-refractivity contribution < 1.29 is 5.11 Å². The van der Waals surface area contributed by atoms with Gasteiger partial charge in [-0.15, -0.1) is 0 Å². The molecule has 4 aliphatic carbocycles. The predicted molar refractivity (Wildman–Crippen MR) is 125 cm³/mol. The highest BCUT2D eigenvalue weighted by molar-refractivity contribution is 6.04. The zero-order valence-corrected chi connectivity index (χ0v) is 19.9. The number of rotatable bonds is 6. The van der Waals surface area contributed by atoms with E-state index >= 15 is 0 Å². The van der Waals surface area contributed by atoms with Gasteiger partial charge in [-0.2, -0.15) is 5.26 Å². The van der Waals surface area contributed by atoms with E-state index < -0.39 is 0 Å². The van der Waals surface area contributed by atoms with Crippen molar-refractivity contribution in [2.75, 3.05) is 6.54 Å². The fourth-order valence-corrected chi connectivity index (χ4v) is 8.83. The van der Waals surface area contributed by atoms with Crippen LogP contribution in [-0.2, 0) is 0 Å². The Labute approximate surface area is 189 Å². The van der Waals surface area contributed by atoms with Crippen LogP contribution in [0.5, 0.6) is 0 Å². The molecular weight excluding hydrogens is 382 g/mol. The van der Waals surface area contributed by atoms with E-state index in [1.54, 1.807) is 12.3 Å². The Morgan fingerprint density at radius 1 is 1.16 bits per heavy atom. The molecule has 3 unspecified atom stereocenters. The molecule has 4 rings (SSSR count). The third-order valence-electron chi connectivity index (χ3n) is 10.5. The molecule has 9 atom stereocenters. The highest BCUT2D eigenvalue weighted by Gasteiger charge is 2.58. The van der Waals surface area contributed by atoms with Gasteiger partial charge >= 0.3 is 0 Å². The van der Waals surface area contributed by atoms with E-state index in [-0.39, 0.29) is 11.3 Å². The number of hydrogen-bond donors (Lipinski definition) is 3. The van der Waals surface area contributed by atoms with Crippen molar-refractivity contribution in [1.82, 2.24) is 5.32 Å². The van der Waals surface area contributed by atoms with E-state index in [4.69, 9.17) is 10.7 Å². The molecule has 3 N–H and O–H groups in total. The molecule has 4 heteroatoms. The minimum absolute atomic E-state index is 0.00191. The van der Waals surface area contributed by atoms with E-state index in [0.717, 1.165) is 61.3 Å². The van der Waals surface area contributed by atoms with Gasteiger partial charge in [0.05, 0.1) is 5.60 Å². The number of nitrogens with one attached hydrogen (secondary N) is 2. The second-order valence-electron chi connectivity index (χ2n) is 11.7. The molecule has 4 aliphatic rings. The molecule has 0 bridgehead atoms. The van der Waals surface area contributed by atoms with Gasteiger partial charge in [0, 0.05) is 6.54 Å². The first kappa shape index (κ1) is 22.8. The van der Waals surface area contributed by atoms with Crippen LogP contribution in [0.3, 0.4) is 0 Å². The number of nitriles is 1. The number of aliphatic hydroxyl groups is 1. The van der Waals surface area contributed by atoms with Gasteiger partial charge in [0.15, 0.2) is 0 Å². The molecule has 4 saturated carbocycles. The molecule has 0 aromatic rings. The van der Waals surface area contributed by atoms with Gasteiger partial charge in [0.1, 0.15) is 11.8 Å². The van der Waals surface area contributed by atoms with Crippen molar-refractivity contribution in [1.29, 1.82) is 10.7 Å². The summed E-state index contributed by atoms with van der Waals surface area (Å²) in [7, 11) is 0. The zero-order chi connectivity index (χ0) is 22.2. The third-order valence-corrected chi connectivity index (χ3v) is 10.5. The summed E-state index contributed by atoms with van der Waals surface area (Å²) in [6.07, 6.45) is 15.9. The van der Waals surface area contributed by atoms with Crippen LogP contribution in [0.2, 0.25) is 0 Å². The average Bonchev–Trinajstić information content (AvgIpc) is 3.13. The maximum atomic E-state index is 10.9. The van der Waals surface area contributed by atoms with E-state index in [1.165, 1.54) is 44.9 Å². The summed E-state index contributed by atoms with van der Waals surface area (Å²) in [6.45, 7) is 8.09. The van der Waals surface area contributed by atoms with Crippen LogP contribution in [-0.4, -0.2) is 23.0 Å². The lowest BCUT2D eigenvalue weighted by Crippen LogP contribution is -2.51. The van der Waals surface area contributed by atoms with Crippen molar-refractivity contribution in [2.45, 2.75) is 90.6 Å². The molecule has 0 spiro atoms. The summed E-state index contributed by atoms with van der Waals surface area (Å²) in [4.78, 5) is 0. The maximum Gasteiger partial charge on any atom is 0.133 e. The Kier molecular flexibility index (Phi) is 6.55. The lowest BCUT2D eigenvalue weighted by atomic mass is 9.48. The Morgan fingerprint density at radius 3 is 2.68 bits per heavy atom. The van der Waals surface area contributed by atoms with Gasteiger partial charge in [-0.3, -0.25) is 5.41 Å². The quantitative estimate of drug-likeness (QED) is 0.479. The summed E-state index contributed by atoms with van der Waals surface area (Å²) in [5, 5.41) is 30.4. The molecule has 0 amide bonds. The molecule has 172 valence electrons. The Morgan fingerprint density at radius 2 is 1.94 bits per heavy atom. The van der Waals surface area contributed by atoms with Crippen molar-refractivity contribution in [3.05, 3.63) is 12.3 Å². The van der Waals surface area contributed by atoms with Gasteiger partial charge < -0.3 is 10.4 Å². The van der Waals surface area contributed by atoms with Crippen molar-refractivity contribution in [3.8, 4) is 6.07 Å². The summed E-state index contributed by atoms with van der Waals surface area (Å²) < 4.78 is 0. The lowest BCUT2D eigenvalue weighted by Gasteiger charge is -2.57. The molecule has 4 nitrogen and oxygen atoms in total. The molecule has 0 aromatic carbocycles. The van der Waals surface area contributed by atoms with Gasteiger partial charge in [0.2, 0.25) is 0 Å². The van der Waals surface area contributed by atoms with Crippen LogP contribution in [0, 0.1) is 63.6 Å². The molecule has 0 heterocycles. The molecular formula is C27H43N3O. The van der Waals surface area contributed by atoms with Gasteiger partial charge in [-0.05, 0) is 123 Å². The topological polar surface area (TPSA) is 79.9 Å². The largest absolute Gasteiger partial charge is 0.391 e. The van der Waals surface area contributed by atoms with Gasteiger partial charge in [-0.1, -0.05) is 20.8 Å². The van der Waals surface area contributed by atoms with E-state index in [2.05, 4.69) is 26.1 Å². The van der Waals surface area contributed by atoms with Gasteiger partial charge in [0.25, 0.3) is 0 Å². The monoisotopic (exact) mass is 425 g/mol. The first-order valence-corrected chi connectivity index (χ1v) is 12.9. The van der Waals surface area contributed by atoms with Crippen LogP contribution in [0.15, 0.2) is 12.3 Å². The molecule has 0 aromatic heterocycles. The van der Waals surface area contributed by atoms with Gasteiger partial charge in [-0.25, -0.2) is 0 Å². The minimum atomic E-state index is -0.377. The second-order valence-corrected chi connectivity index (χ2v) is 11.7. The summed E-state index contributed by atoms with van der Waals surface area (Å²) in [5.74, 6) is 5.72. The summed E-state index contributed by atoms with van der Waals surface area (Å²) in [6, 6.07) is 1.85. The molecule has 0 radical (unpaired) electrons. The van der Waals surface area contributed by atoms with E-state index in [0.29, 0.717) is 11.3 Å². The van der Waals surface area contributed by atoms with Crippen molar-refractivity contribution >= 4 is 5.71 Å². The smallest absolute Gasteiger partial charge is 0.133 e. The molecule has 0 aliphatic heterocycles. The Hall–Kier alpha value is -1.34. The SMILES string of the molecule is CC[C@@]1(O)CC[C@@H]2C3CC[C@@]4(C)C(CCC4[C@@H](C)CN/C=C\C(=N)C#N)[C@@H]3CC[C@@H]2C1. The lowest BCUT2D eigenvalue weighted by molar-refractivity contribution is -0.109. The Bertz CT molecular complexity index is 741. The van der Waals surface area contributed by atoms with E-state index in [1.807, 2.05) is 6.07 Å². The predicted octanol–water partition coefficient (Wildman–Crippen LogP) is 5.68. The number of hydrogen-bond acceptors (Lipinski definition) is 4. The number of allylic oxidation sites excluding steroid dienone is 1. The molecule has 31 heavy (non-hydrogen) atoms. The maximum absolute atomic E-state index is 10.9. The van der Waals surface area contributed by atoms with Crippen molar-refractivity contribution in [2.24, 2.45) is 46.8 Å². The van der Waals surface area contributed by atoms with Crippen LogP contribution in [0.25, 0.3) is 0 Å². The zero-order valence-electron chi connectivity index (χ0n) is 19.9. The van der Waals surface area contributed by atoms with Crippen LogP contribution >= 0.6 is 0 Å². The highest BCUT2D eigenvalue weighted by Crippen LogP contribution is 2.65. The van der Waals surface area contributed by atoms with Crippen LogP contribution in [0.1, 0.15) is 85.0 Å². The number of fused-ring (bicyclic) bond motifs is 5. The first-order chi connectivity index (χ1) is 14.8. The fraction of sp³-hybridized carbons (Fsp3) is 0.852.